The summed E-state index contributed by atoms with van der Waals surface area (Å²) in [5.41, 5.74) is 0.290. The van der Waals surface area contributed by atoms with Crippen LogP contribution in [0.1, 0.15) is 22.8 Å². The summed E-state index contributed by atoms with van der Waals surface area (Å²) < 4.78 is 23.8. The first-order chi connectivity index (χ1) is 8.54. The Morgan fingerprint density at radius 2 is 2.11 bits per heavy atom. The summed E-state index contributed by atoms with van der Waals surface area (Å²) in [6.45, 7) is 1.30. The zero-order valence-electron chi connectivity index (χ0n) is 9.95. The van der Waals surface area contributed by atoms with Crippen molar-refractivity contribution < 1.29 is 23.5 Å². The van der Waals surface area contributed by atoms with E-state index in [9.17, 15) is 14.0 Å². The molecule has 5 heteroatoms. The van der Waals surface area contributed by atoms with Crippen LogP contribution in [-0.4, -0.2) is 25.5 Å². The summed E-state index contributed by atoms with van der Waals surface area (Å²) in [5, 5.41) is 0. The smallest absolute Gasteiger partial charge is 0.337 e. The molecule has 0 bridgehead atoms. The molecule has 1 aromatic rings. The highest BCUT2D eigenvalue weighted by atomic mass is 19.1. The summed E-state index contributed by atoms with van der Waals surface area (Å²) in [6, 6.07) is 2.88. The number of ether oxygens (including phenoxy) is 2. The lowest BCUT2D eigenvalue weighted by Crippen LogP contribution is -2.17. The van der Waals surface area contributed by atoms with Gasteiger partial charge in [-0.3, -0.25) is 4.79 Å². The van der Waals surface area contributed by atoms with Gasteiger partial charge in [0.05, 0.1) is 23.8 Å². The van der Waals surface area contributed by atoms with Crippen molar-refractivity contribution in [3.8, 4) is 5.75 Å². The van der Waals surface area contributed by atoms with Gasteiger partial charge in [0.1, 0.15) is 18.2 Å². The summed E-state index contributed by atoms with van der Waals surface area (Å²) in [6.07, 6.45) is 1.35. The van der Waals surface area contributed by atoms with Crippen LogP contribution in [0.4, 0.5) is 4.39 Å². The van der Waals surface area contributed by atoms with Gasteiger partial charge >= 0.3 is 5.97 Å². The molecule has 18 heavy (non-hydrogen) atoms. The fourth-order valence-electron chi connectivity index (χ4n) is 1.73. The molecule has 94 valence electrons. The lowest BCUT2D eigenvalue weighted by Gasteiger charge is -2.17. The number of fused-ring (bicyclic) bond motifs is 1. The van der Waals surface area contributed by atoms with E-state index in [0.29, 0.717) is 5.75 Å². The first-order valence-corrected chi connectivity index (χ1v) is 5.29. The van der Waals surface area contributed by atoms with E-state index in [4.69, 9.17) is 4.74 Å². The van der Waals surface area contributed by atoms with E-state index in [1.54, 1.807) is 0 Å². The van der Waals surface area contributed by atoms with E-state index < -0.39 is 11.8 Å². The van der Waals surface area contributed by atoms with Gasteiger partial charge in [-0.15, -0.1) is 0 Å². The Morgan fingerprint density at radius 3 is 2.72 bits per heavy atom. The number of hydrogen-bond acceptors (Lipinski definition) is 4. The Morgan fingerprint density at radius 1 is 1.39 bits per heavy atom. The standard InChI is InChI=1S/C13H11FO4/c1-7(15)9-3-4-11-10(12(9)14)5-8(6-18-11)13(16)17-2/h3-5H,6H2,1-2H3. The van der Waals surface area contributed by atoms with E-state index in [-0.39, 0.29) is 29.1 Å². The van der Waals surface area contributed by atoms with Gasteiger partial charge < -0.3 is 9.47 Å². The molecule has 0 aliphatic carbocycles. The number of rotatable bonds is 2. The normalized spacial score (nSPS) is 13.2. The van der Waals surface area contributed by atoms with E-state index in [2.05, 4.69) is 4.74 Å². The predicted octanol–water partition coefficient (Wildman–Crippen LogP) is 1.98. The Labute approximate surface area is 103 Å². The highest BCUT2D eigenvalue weighted by Crippen LogP contribution is 2.31. The van der Waals surface area contributed by atoms with Crippen molar-refractivity contribution in [3.63, 3.8) is 0 Å². The number of ketones is 1. The van der Waals surface area contributed by atoms with Crippen LogP contribution in [0.5, 0.6) is 5.75 Å². The topological polar surface area (TPSA) is 52.6 Å². The van der Waals surface area contributed by atoms with Crippen molar-refractivity contribution in [3.05, 3.63) is 34.6 Å². The van der Waals surface area contributed by atoms with Gasteiger partial charge in [0, 0.05) is 0 Å². The first-order valence-electron chi connectivity index (χ1n) is 5.29. The molecule has 0 saturated carbocycles. The van der Waals surface area contributed by atoms with E-state index in [1.807, 2.05) is 0 Å². The summed E-state index contributed by atoms with van der Waals surface area (Å²) in [4.78, 5) is 22.6. The van der Waals surface area contributed by atoms with Crippen LogP contribution in [0.3, 0.4) is 0 Å². The Bertz CT molecular complexity index is 560. The first kappa shape index (κ1) is 12.3. The molecule has 0 radical (unpaired) electrons. The van der Waals surface area contributed by atoms with Crippen molar-refractivity contribution in [2.45, 2.75) is 6.92 Å². The maximum atomic E-state index is 14.0. The third kappa shape index (κ3) is 1.99. The number of carbonyl (C=O) groups is 2. The molecule has 0 N–H and O–H groups in total. The largest absolute Gasteiger partial charge is 0.488 e. The van der Waals surface area contributed by atoms with Crippen LogP contribution in [-0.2, 0) is 9.53 Å². The highest BCUT2D eigenvalue weighted by Gasteiger charge is 2.22. The zero-order chi connectivity index (χ0) is 13.3. The van der Waals surface area contributed by atoms with Crippen LogP contribution >= 0.6 is 0 Å². The molecule has 1 heterocycles. The second-order valence-electron chi connectivity index (χ2n) is 3.84. The van der Waals surface area contributed by atoms with Crippen molar-refractivity contribution >= 4 is 17.8 Å². The third-order valence-corrected chi connectivity index (χ3v) is 2.67. The lowest BCUT2D eigenvalue weighted by atomic mass is 10.0. The van der Waals surface area contributed by atoms with Crippen LogP contribution in [0.25, 0.3) is 6.08 Å². The Kier molecular flexibility index (Phi) is 3.14. The van der Waals surface area contributed by atoms with Crippen LogP contribution in [0, 0.1) is 5.82 Å². The number of esters is 1. The average Bonchev–Trinajstić information content (AvgIpc) is 2.37. The number of hydrogen-bond donors (Lipinski definition) is 0. The van der Waals surface area contributed by atoms with Crippen LogP contribution in [0.15, 0.2) is 17.7 Å². The maximum absolute atomic E-state index is 14.0. The maximum Gasteiger partial charge on any atom is 0.337 e. The summed E-state index contributed by atoms with van der Waals surface area (Å²) >= 11 is 0. The number of Topliss-reactive ketones (excluding diaryl/α,β-unsaturated/α-hetero) is 1. The van der Waals surface area contributed by atoms with Gasteiger partial charge in [-0.05, 0) is 25.1 Å². The fraction of sp³-hybridized carbons (Fsp3) is 0.231. The molecule has 2 rings (SSSR count). The van der Waals surface area contributed by atoms with Crippen molar-refractivity contribution in [2.75, 3.05) is 13.7 Å². The number of benzene rings is 1. The minimum Gasteiger partial charge on any atom is -0.488 e. The number of halogens is 1. The molecule has 0 aromatic heterocycles. The van der Waals surface area contributed by atoms with Crippen molar-refractivity contribution in [2.24, 2.45) is 0 Å². The van der Waals surface area contributed by atoms with E-state index in [0.717, 1.165) is 0 Å². The van der Waals surface area contributed by atoms with Crippen LogP contribution < -0.4 is 4.74 Å². The predicted molar refractivity (Wildman–Crippen MR) is 61.9 cm³/mol. The van der Waals surface area contributed by atoms with Gasteiger partial charge in [0.2, 0.25) is 0 Å². The van der Waals surface area contributed by atoms with Gasteiger partial charge in [-0.2, -0.15) is 0 Å². The third-order valence-electron chi connectivity index (χ3n) is 2.67. The SMILES string of the molecule is COC(=O)C1=Cc2c(ccc(C(C)=O)c2F)OC1. The molecule has 0 amide bonds. The molecule has 0 saturated heterocycles. The molecule has 1 aliphatic heterocycles. The average molecular weight is 250 g/mol. The number of methoxy groups -OCH3 is 1. The van der Waals surface area contributed by atoms with Gasteiger partial charge in [-0.1, -0.05) is 0 Å². The van der Waals surface area contributed by atoms with Crippen molar-refractivity contribution in [1.29, 1.82) is 0 Å². The monoisotopic (exact) mass is 250 g/mol. The fourth-order valence-corrected chi connectivity index (χ4v) is 1.73. The molecule has 0 spiro atoms. The highest BCUT2D eigenvalue weighted by molar-refractivity contribution is 5.98. The molecule has 0 fully saturated rings. The zero-order valence-corrected chi connectivity index (χ0v) is 9.95. The second kappa shape index (κ2) is 4.60. The summed E-state index contributed by atoms with van der Waals surface area (Å²) in [7, 11) is 1.24. The van der Waals surface area contributed by atoms with Gasteiger partial charge in [-0.25, -0.2) is 9.18 Å². The van der Waals surface area contributed by atoms with Gasteiger partial charge in [0.15, 0.2) is 5.78 Å². The molecular weight excluding hydrogens is 239 g/mol. The second-order valence-corrected chi connectivity index (χ2v) is 3.84. The Hall–Kier alpha value is -2.17. The Balaban J connectivity index is 2.54. The lowest BCUT2D eigenvalue weighted by molar-refractivity contribution is -0.136. The molecule has 1 aliphatic rings. The molecule has 4 nitrogen and oxygen atoms in total. The molecule has 1 aromatic carbocycles. The molecule has 0 unspecified atom stereocenters. The van der Waals surface area contributed by atoms with Crippen LogP contribution in [0.2, 0.25) is 0 Å². The minimum atomic E-state index is -0.680. The molecular formula is C13H11FO4. The van der Waals surface area contributed by atoms with Gasteiger partial charge in [0.25, 0.3) is 0 Å². The summed E-state index contributed by atoms with van der Waals surface area (Å²) in [5.74, 6) is -1.33. The van der Waals surface area contributed by atoms with E-state index >= 15 is 0 Å². The number of carbonyl (C=O) groups excluding carboxylic acids is 2. The van der Waals surface area contributed by atoms with Crippen molar-refractivity contribution in [1.82, 2.24) is 0 Å². The minimum absolute atomic E-state index is 0.0263. The van der Waals surface area contributed by atoms with E-state index in [1.165, 1.54) is 32.2 Å². The quantitative estimate of drug-likeness (QED) is 0.595. The molecule has 0 atom stereocenters.